The molecule has 5 heteroatoms. The van der Waals surface area contributed by atoms with Gasteiger partial charge in [0.1, 0.15) is 0 Å². The minimum Gasteiger partial charge on any atom is -0.396 e. The number of amides is 2. The molecule has 16 heavy (non-hydrogen) atoms. The van der Waals surface area contributed by atoms with Gasteiger partial charge in [0.05, 0.1) is 12.6 Å². The van der Waals surface area contributed by atoms with Gasteiger partial charge in [-0.2, -0.15) is 0 Å². The summed E-state index contributed by atoms with van der Waals surface area (Å²) in [7, 11) is 0. The molecule has 0 aliphatic carbocycles. The predicted molar refractivity (Wildman–Crippen MR) is 59.7 cm³/mol. The molecular formula is C11H20N2O3. The van der Waals surface area contributed by atoms with E-state index in [1.807, 2.05) is 0 Å². The number of aliphatic hydroxyl groups is 1. The highest BCUT2D eigenvalue weighted by Crippen LogP contribution is 2.06. The van der Waals surface area contributed by atoms with Crippen molar-refractivity contribution in [2.75, 3.05) is 19.7 Å². The summed E-state index contributed by atoms with van der Waals surface area (Å²) in [6, 6.07) is -0.254. The molecule has 1 aliphatic rings. The maximum atomic E-state index is 11.7. The van der Waals surface area contributed by atoms with E-state index in [0.717, 1.165) is 25.7 Å². The number of carbonyl (C=O) groups is 2. The van der Waals surface area contributed by atoms with E-state index < -0.39 is 0 Å². The summed E-state index contributed by atoms with van der Waals surface area (Å²) in [5, 5.41) is 11.5. The predicted octanol–water partition coefficient (Wildman–Crippen LogP) is -0.114. The van der Waals surface area contributed by atoms with Crippen LogP contribution in [0.15, 0.2) is 0 Å². The average Bonchev–Trinajstić information content (AvgIpc) is 2.28. The van der Waals surface area contributed by atoms with Crippen molar-refractivity contribution >= 4 is 11.8 Å². The van der Waals surface area contributed by atoms with Crippen LogP contribution < -0.4 is 5.32 Å². The molecule has 1 atom stereocenters. The zero-order valence-electron chi connectivity index (χ0n) is 9.74. The molecule has 0 radical (unpaired) electrons. The van der Waals surface area contributed by atoms with Crippen LogP contribution in [0.5, 0.6) is 0 Å². The van der Waals surface area contributed by atoms with E-state index in [2.05, 4.69) is 5.32 Å². The lowest BCUT2D eigenvalue weighted by Gasteiger charge is -2.29. The smallest absolute Gasteiger partial charge is 0.246 e. The number of nitrogens with zero attached hydrogens (tertiary/aromatic N) is 1. The second kappa shape index (κ2) is 6.60. The molecule has 0 aromatic rings. The van der Waals surface area contributed by atoms with Crippen LogP contribution in [0, 0.1) is 0 Å². The Morgan fingerprint density at radius 3 is 2.69 bits per heavy atom. The molecule has 0 aromatic carbocycles. The molecule has 2 N–H and O–H groups in total. The van der Waals surface area contributed by atoms with E-state index in [9.17, 15) is 9.59 Å². The van der Waals surface area contributed by atoms with E-state index in [0.29, 0.717) is 6.54 Å². The van der Waals surface area contributed by atoms with Gasteiger partial charge in [0.25, 0.3) is 0 Å². The third kappa shape index (κ3) is 3.57. The number of carbonyl (C=O) groups excluding carboxylic acids is 2. The number of imide groups is 1. The third-order valence-electron chi connectivity index (χ3n) is 2.79. The van der Waals surface area contributed by atoms with Crippen molar-refractivity contribution in [2.45, 2.75) is 38.6 Å². The molecule has 92 valence electrons. The highest BCUT2D eigenvalue weighted by Gasteiger charge is 2.30. The minimum atomic E-state index is -0.254. The normalized spacial score (nSPS) is 21.6. The van der Waals surface area contributed by atoms with Crippen LogP contribution in [0.25, 0.3) is 0 Å². The lowest BCUT2D eigenvalue weighted by molar-refractivity contribution is -0.148. The van der Waals surface area contributed by atoms with E-state index in [4.69, 9.17) is 5.11 Å². The molecule has 1 aliphatic heterocycles. The zero-order valence-corrected chi connectivity index (χ0v) is 9.74. The number of nitrogens with one attached hydrogen (secondary N) is 1. The molecule has 0 saturated carbocycles. The van der Waals surface area contributed by atoms with Gasteiger partial charge in [-0.25, -0.2) is 0 Å². The fraction of sp³-hybridized carbons (Fsp3) is 0.818. The third-order valence-corrected chi connectivity index (χ3v) is 2.79. The van der Waals surface area contributed by atoms with Crippen LogP contribution in [0.2, 0.25) is 0 Å². The summed E-state index contributed by atoms with van der Waals surface area (Å²) in [5.74, 6) is -0.260. The number of unbranched alkanes of at least 4 members (excludes halogenated alkanes) is 3. The first-order chi connectivity index (χ1) is 7.66. The van der Waals surface area contributed by atoms with Crippen LogP contribution in [0.4, 0.5) is 0 Å². The van der Waals surface area contributed by atoms with Gasteiger partial charge in [-0.3, -0.25) is 19.8 Å². The van der Waals surface area contributed by atoms with Gasteiger partial charge in [-0.1, -0.05) is 12.8 Å². The summed E-state index contributed by atoms with van der Waals surface area (Å²) >= 11 is 0. The van der Waals surface area contributed by atoms with Crippen molar-refractivity contribution in [1.29, 1.82) is 0 Å². The van der Waals surface area contributed by atoms with Crippen LogP contribution in [-0.2, 0) is 9.59 Å². The first kappa shape index (κ1) is 13.1. The Morgan fingerprint density at radius 1 is 1.31 bits per heavy atom. The Kier molecular flexibility index (Phi) is 5.42. The zero-order chi connectivity index (χ0) is 12.0. The van der Waals surface area contributed by atoms with Crippen molar-refractivity contribution in [2.24, 2.45) is 0 Å². The van der Waals surface area contributed by atoms with Gasteiger partial charge in [-0.05, 0) is 19.8 Å². The quantitative estimate of drug-likeness (QED) is 0.491. The Balaban J connectivity index is 2.28. The van der Waals surface area contributed by atoms with E-state index in [1.165, 1.54) is 4.90 Å². The Labute approximate surface area is 95.8 Å². The fourth-order valence-corrected chi connectivity index (χ4v) is 1.75. The van der Waals surface area contributed by atoms with Crippen LogP contribution in [0.3, 0.4) is 0 Å². The van der Waals surface area contributed by atoms with Gasteiger partial charge in [0.15, 0.2) is 0 Å². The van der Waals surface area contributed by atoms with Crippen molar-refractivity contribution in [3.05, 3.63) is 0 Å². The minimum absolute atomic E-state index is 0.126. The SMILES string of the molecule is CC1NCC(=O)N(CCCCCCO)C1=O. The maximum Gasteiger partial charge on any atom is 0.246 e. The number of aliphatic hydroxyl groups excluding tert-OH is 1. The molecule has 1 unspecified atom stereocenters. The molecule has 1 saturated heterocycles. The van der Waals surface area contributed by atoms with Gasteiger partial charge in [0, 0.05) is 13.2 Å². The van der Waals surface area contributed by atoms with Crippen molar-refractivity contribution in [3.8, 4) is 0 Å². The van der Waals surface area contributed by atoms with E-state index in [-0.39, 0.29) is 31.0 Å². The molecule has 5 nitrogen and oxygen atoms in total. The molecule has 1 heterocycles. The monoisotopic (exact) mass is 228 g/mol. The van der Waals surface area contributed by atoms with Gasteiger partial charge >= 0.3 is 0 Å². The summed E-state index contributed by atoms with van der Waals surface area (Å²) < 4.78 is 0. The molecule has 1 rings (SSSR count). The van der Waals surface area contributed by atoms with Crippen LogP contribution in [-0.4, -0.2) is 47.6 Å². The summed E-state index contributed by atoms with van der Waals surface area (Å²) in [5.41, 5.74) is 0. The van der Waals surface area contributed by atoms with Crippen molar-refractivity contribution in [3.63, 3.8) is 0 Å². The van der Waals surface area contributed by atoms with Gasteiger partial charge in [0.2, 0.25) is 11.8 Å². The summed E-state index contributed by atoms with van der Waals surface area (Å²) in [6.45, 7) is 2.74. The molecule has 0 spiro atoms. The van der Waals surface area contributed by atoms with E-state index in [1.54, 1.807) is 6.92 Å². The Morgan fingerprint density at radius 2 is 2.00 bits per heavy atom. The lowest BCUT2D eigenvalue weighted by Crippen LogP contribution is -2.57. The van der Waals surface area contributed by atoms with Gasteiger partial charge in [-0.15, -0.1) is 0 Å². The Bertz CT molecular complexity index is 256. The number of rotatable bonds is 6. The van der Waals surface area contributed by atoms with Crippen LogP contribution >= 0.6 is 0 Å². The second-order valence-corrected chi connectivity index (χ2v) is 4.12. The maximum absolute atomic E-state index is 11.7. The first-order valence-electron chi connectivity index (χ1n) is 5.85. The number of hydrogen-bond acceptors (Lipinski definition) is 4. The lowest BCUT2D eigenvalue weighted by atomic mass is 10.1. The van der Waals surface area contributed by atoms with Crippen molar-refractivity contribution < 1.29 is 14.7 Å². The molecule has 2 amide bonds. The highest BCUT2D eigenvalue weighted by molar-refractivity contribution is 6.00. The van der Waals surface area contributed by atoms with E-state index >= 15 is 0 Å². The first-order valence-corrected chi connectivity index (χ1v) is 5.85. The topological polar surface area (TPSA) is 69.6 Å². The summed E-state index contributed by atoms with van der Waals surface area (Å²) in [4.78, 5) is 24.5. The molecule has 1 fully saturated rings. The molecule has 0 bridgehead atoms. The highest BCUT2D eigenvalue weighted by atomic mass is 16.3. The number of piperazine rings is 1. The Hall–Kier alpha value is -0.940. The fourth-order valence-electron chi connectivity index (χ4n) is 1.75. The second-order valence-electron chi connectivity index (χ2n) is 4.12. The molecular weight excluding hydrogens is 208 g/mol. The largest absolute Gasteiger partial charge is 0.396 e. The van der Waals surface area contributed by atoms with Crippen LogP contribution in [0.1, 0.15) is 32.6 Å². The molecule has 0 aromatic heterocycles. The average molecular weight is 228 g/mol. The number of hydrogen-bond donors (Lipinski definition) is 2. The standard InChI is InChI=1S/C11H20N2O3/c1-9-11(16)13(10(15)8-12-9)6-4-2-3-5-7-14/h9,12,14H,2-8H2,1H3. The van der Waals surface area contributed by atoms with Crippen molar-refractivity contribution in [1.82, 2.24) is 10.2 Å². The van der Waals surface area contributed by atoms with Gasteiger partial charge < -0.3 is 5.11 Å². The summed E-state index contributed by atoms with van der Waals surface area (Å²) in [6.07, 6.45) is 3.50.